The first kappa shape index (κ1) is 15.9. The van der Waals surface area contributed by atoms with Gasteiger partial charge in [0.2, 0.25) is 0 Å². The first-order valence-corrected chi connectivity index (χ1v) is 6.81. The van der Waals surface area contributed by atoms with Crippen LogP contribution in [0.1, 0.15) is 24.2 Å². The number of amides is 1. The summed E-state index contributed by atoms with van der Waals surface area (Å²) in [6, 6.07) is 4.16. The van der Waals surface area contributed by atoms with E-state index in [1.807, 2.05) is 13.8 Å². The Morgan fingerprint density at radius 2 is 2.05 bits per heavy atom. The molecule has 7 heteroatoms. The average molecular weight is 350 g/mol. The summed E-state index contributed by atoms with van der Waals surface area (Å²) in [6.07, 6.45) is 0. The van der Waals surface area contributed by atoms with E-state index < -0.39 is 10.5 Å². The topological polar surface area (TPSA) is 63.5 Å². The maximum atomic E-state index is 12.3. The van der Waals surface area contributed by atoms with Crippen molar-refractivity contribution in [3.05, 3.63) is 38.3 Å². The molecule has 1 aromatic rings. The van der Waals surface area contributed by atoms with Crippen molar-refractivity contribution in [2.45, 2.75) is 19.4 Å². The second-order valence-corrected chi connectivity index (χ2v) is 5.95. The highest BCUT2D eigenvalue weighted by Crippen LogP contribution is 2.24. The van der Waals surface area contributed by atoms with Crippen molar-refractivity contribution in [2.75, 3.05) is 12.9 Å². The fraction of sp³-hybridized carbons (Fsp3) is 0.417. The van der Waals surface area contributed by atoms with E-state index in [1.54, 1.807) is 13.1 Å². The molecule has 0 aromatic heterocycles. The zero-order valence-corrected chi connectivity index (χ0v) is 13.2. The number of carbonyl (C=O) groups is 1. The molecule has 0 heterocycles. The number of carbonyl (C=O) groups excluding carboxylic acids is 1. The van der Waals surface area contributed by atoms with Gasteiger partial charge in [0.05, 0.1) is 10.5 Å². The third-order valence-corrected chi connectivity index (χ3v) is 3.99. The molecular weight excluding hydrogens is 336 g/mol. The summed E-state index contributed by atoms with van der Waals surface area (Å²) in [5.41, 5.74) is -0.410. The third-order valence-electron chi connectivity index (χ3n) is 2.88. The van der Waals surface area contributed by atoms with Gasteiger partial charge in [-0.05, 0) is 19.9 Å². The number of nitro groups is 1. The van der Waals surface area contributed by atoms with Crippen LogP contribution in [-0.4, -0.2) is 34.2 Å². The van der Waals surface area contributed by atoms with Crippen molar-refractivity contribution in [3.63, 3.8) is 0 Å². The van der Waals surface area contributed by atoms with Crippen LogP contribution in [0.4, 0.5) is 5.69 Å². The Labute approximate surface area is 124 Å². The number of benzene rings is 1. The van der Waals surface area contributed by atoms with Crippen LogP contribution in [0.25, 0.3) is 0 Å². The Bertz CT molecular complexity index is 520. The van der Waals surface area contributed by atoms with Crippen LogP contribution < -0.4 is 0 Å². The van der Waals surface area contributed by atoms with E-state index >= 15 is 0 Å². The fourth-order valence-electron chi connectivity index (χ4n) is 1.36. The van der Waals surface area contributed by atoms with Crippen LogP contribution in [-0.2, 0) is 0 Å². The van der Waals surface area contributed by atoms with E-state index in [2.05, 4.69) is 15.9 Å². The van der Waals surface area contributed by atoms with E-state index in [4.69, 9.17) is 11.6 Å². The maximum Gasteiger partial charge on any atom is 0.271 e. The van der Waals surface area contributed by atoms with Crippen molar-refractivity contribution in [1.29, 1.82) is 0 Å². The van der Waals surface area contributed by atoms with E-state index in [-0.39, 0.29) is 23.0 Å². The van der Waals surface area contributed by atoms with Gasteiger partial charge in [-0.15, -0.1) is 11.6 Å². The minimum absolute atomic E-state index is 0.130. The monoisotopic (exact) mass is 348 g/mol. The quantitative estimate of drug-likeness (QED) is 0.475. The van der Waals surface area contributed by atoms with Crippen molar-refractivity contribution in [2.24, 2.45) is 0 Å². The number of hydrogen-bond acceptors (Lipinski definition) is 3. The van der Waals surface area contributed by atoms with Crippen LogP contribution in [0.2, 0.25) is 0 Å². The number of non-ortho nitro benzene ring substituents is 1. The molecule has 0 unspecified atom stereocenters. The Kier molecular flexibility index (Phi) is 4.92. The lowest BCUT2D eigenvalue weighted by atomic mass is 10.0. The molecule has 0 aliphatic heterocycles. The molecule has 0 fully saturated rings. The van der Waals surface area contributed by atoms with Gasteiger partial charge in [-0.2, -0.15) is 0 Å². The van der Waals surface area contributed by atoms with Crippen LogP contribution in [0, 0.1) is 10.1 Å². The zero-order valence-electron chi connectivity index (χ0n) is 10.8. The van der Waals surface area contributed by atoms with Crippen molar-refractivity contribution in [1.82, 2.24) is 4.90 Å². The smallest absolute Gasteiger partial charge is 0.271 e. The predicted molar refractivity (Wildman–Crippen MR) is 77.7 cm³/mol. The van der Waals surface area contributed by atoms with Gasteiger partial charge in [0.25, 0.3) is 11.6 Å². The predicted octanol–water partition coefficient (Wildman–Crippen LogP) is 3.45. The van der Waals surface area contributed by atoms with Crippen molar-refractivity contribution >= 4 is 39.1 Å². The first-order valence-electron chi connectivity index (χ1n) is 5.48. The highest BCUT2D eigenvalue weighted by Gasteiger charge is 2.28. The first-order chi connectivity index (χ1) is 8.69. The van der Waals surface area contributed by atoms with Gasteiger partial charge >= 0.3 is 0 Å². The molecular formula is C12H14BrClN2O3. The molecule has 1 aromatic carbocycles. The Balaban J connectivity index is 3.16. The second kappa shape index (κ2) is 5.88. The molecule has 5 nitrogen and oxygen atoms in total. The lowest BCUT2D eigenvalue weighted by Gasteiger charge is -2.33. The lowest BCUT2D eigenvalue weighted by Crippen LogP contribution is -2.46. The number of alkyl halides is 1. The van der Waals surface area contributed by atoms with Gasteiger partial charge in [0, 0.05) is 35.1 Å². The summed E-state index contributed by atoms with van der Waals surface area (Å²) in [5.74, 6) is -0.0410. The molecule has 0 aliphatic carbocycles. The van der Waals surface area contributed by atoms with Crippen LogP contribution in [0.5, 0.6) is 0 Å². The Morgan fingerprint density at radius 1 is 1.47 bits per heavy atom. The molecule has 0 aliphatic rings. The molecule has 0 N–H and O–H groups in total. The number of nitrogens with zero attached hydrogens (tertiary/aromatic N) is 2. The second-order valence-electron chi connectivity index (χ2n) is 4.77. The molecule has 19 heavy (non-hydrogen) atoms. The minimum Gasteiger partial charge on any atom is -0.335 e. The number of halogens is 2. The summed E-state index contributed by atoms with van der Waals surface area (Å²) in [4.78, 5) is 24.0. The van der Waals surface area contributed by atoms with E-state index in [9.17, 15) is 14.9 Å². The normalized spacial score (nSPS) is 11.2. The molecule has 0 radical (unpaired) electrons. The van der Waals surface area contributed by atoms with E-state index in [0.717, 1.165) is 0 Å². The molecule has 0 spiro atoms. The van der Waals surface area contributed by atoms with Crippen molar-refractivity contribution in [3.8, 4) is 0 Å². The largest absolute Gasteiger partial charge is 0.335 e. The van der Waals surface area contributed by atoms with Gasteiger partial charge in [0.1, 0.15) is 0 Å². The van der Waals surface area contributed by atoms with Crippen LogP contribution >= 0.6 is 27.5 Å². The summed E-state index contributed by atoms with van der Waals surface area (Å²) >= 11 is 8.99. The molecule has 0 saturated carbocycles. The highest BCUT2D eigenvalue weighted by molar-refractivity contribution is 9.10. The molecule has 0 bridgehead atoms. The maximum absolute atomic E-state index is 12.3. The SMILES string of the molecule is CN(C(=O)c1cc(Br)cc([N+](=O)[O-])c1)C(C)(C)CCl. The molecule has 1 amide bonds. The Hall–Kier alpha value is -1.14. The van der Waals surface area contributed by atoms with E-state index in [1.165, 1.54) is 17.0 Å². The Morgan fingerprint density at radius 3 is 2.53 bits per heavy atom. The van der Waals surface area contributed by atoms with Gasteiger partial charge in [-0.1, -0.05) is 15.9 Å². The molecule has 104 valence electrons. The van der Waals surface area contributed by atoms with E-state index in [0.29, 0.717) is 4.47 Å². The third kappa shape index (κ3) is 3.67. The highest BCUT2D eigenvalue weighted by atomic mass is 79.9. The molecule has 0 atom stereocenters. The molecule has 0 saturated heterocycles. The number of rotatable bonds is 4. The zero-order chi connectivity index (χ0) is 14.8. The lowest BCUT2D eigenvalue weighted by molar-refractivity contribution is -0.385. The number of nitro benzene ring substituents is 1. The fourth-order valence-corrected chi connectivity index (χ4v) is 2.02. The van der Waals surface area contributed by atoms with Gasteiger partial charge in [-0.3, -0.25) is 14.9 Å². The van der Waals surface area contributed by atoms with Gasteiger partial charge in [0.15, 0.2) is 0 Å². The minimum atomic E-state index is -0.534. The van der Waals surface area contributed by atoms with Gasteiger partial charge in [-0.25, -0.2) is 0 Å². The van der Waals surface area contributed by atoms with Crippen LogP contribution in [0.3, 0.4) is 0 Å². The summed E-state index contributed by atoms with van der Waals surface area (Å²) in [5, 5.41) is 10.8. The van der Waals surface area contributed by atoms with Gasteiger partial charge < -0.3 is 4.90 Å². The number of hydrogen-bond donors (Lipinski definition) is 0. The molecule has 1 rings (SSSR count). The summed E-state index contributed by atoms with van der Waals surface area (Å²) < 4.78 is 0.488. The standard InChI is InChI=1S/C12H14BrClN2O3/c1-12(2,7-14)15(3)11(17)8-4-9(13)6-10(5-8)16(18)19/h4-6H,7H2,1-3H3. The summed E-state index contributed by atoms with van der Waals surface area (Å²) in [6.45, 7) is 3.65. The van der Waals surface area contributed by atoms with Crippen LogP contribution in [0.15, 0.2) is 22.7 Å². The van der Waals surface area contributed by atoms with Crippen molar-refractivity contribution < 1.29 is 9.72 Å². The average Bonchev–Trinajstić information content (AvgIpc) is 2.36. The summed E-state index contributed by atoms with van der Waals surface area (Å²) in [7, 11) is 1.62.